The van der Waals surface area contributed by atoms with Crippen LogP contribution in [0.5, 0.6) is 0 Å². The van der Waals surface area contributed by atoms with E-state index in [1.165, 1.54) is 39.8 Å². The van der Waals surface area contributed by atoms with Gasteiger partial charge in [-0.15, -0.1) is 11.3 Å². The summed E-state index contributed by atoms with van der Waals surface area (Å²) in [5, 5.41) is 2.52. The third kappa shape index (κ3) is 4.30. The molecule has 0 N–H and O–H groups in total. The summed E-state index contributed by atoms with van der Waals surface area (Å²) in [7, 11) is 1.67. The van der Waals surface area contributed by atoms with Crippen molar-refractivity contribution in [1.29, 1.82) is 0 Å². The molecule has 0 bridgehead atoms. The minimum absolute atomic E-state index is 0.0255. The number of nitrogens with zero attached hydrogens (tertiary/aromatic N) is 3. The van der Waals surface area contributed by atoms with Crippen LogP contribution in [0.2, 0.25) is 0 Å². The smallest absolute Gasteiger partial charge is 0.263 e. The number of hydrogen-bond donors (Lipinski definition) is 0. The first-order valence-electron chi connectivity index (χ1n) is 9.84. The van der Waals surface area contributed by atoms with Crippen molar-refractivity contribution in [1.82, 2.24) is 14.5 Å². The van der Waals surface area contributed by atoms with Gasteiger partial charge in [0.25, 0.3) is 5.56 Å². The molecule has 0 aliphatic rings. The van der Waals surface area contributed by atoms with E-state index in [-0.39, 0.29) is 34.6 Å². The second-order valence-electron chi connectivity index (χ2n) is 7.79. The van der Waals surface area contributed by atoms with Crippen LogP contribution in [0.25, 0.3) is 21.3 Å². The number of thioether (sulfide) groups is 1. The van der Waals surface area contributed by atoms with Crippen LogP contribution in [-0.4, -0.2) is 37.7 Å². The lowest BCUT2D eigenvalue weighted by molar-refractivity contribution is -0.133. The fourth-order valence-corrected chi connectivity index (χ4v) is 5.44. The van der Waals surface area contributed by atoms with E-state index in [2.05, 4.69) is 4.98 Å². The van der Waals surface area contributed by atoms with E-state index in [9.17, 15) is 14.0 Å². The number of rotatable bonds is 6. The first-order valence-corrected chi connectivity index (χ1v) is 11.6. The first kappa shape index (κ1) is 22.5. The molecule has 8 heteroatoms. The van der Waals surface area contributed by atoms with E-state index in [0.29, 0.717) is 15.4 Å². The van der Waals surface area contributed by atoms with Crippen LogP contribution in [0.1, 0.15) is 34.6 Å². The topological polar surface area (TPSA) is 55.2 Å². The van der Waals surface area contributed by atoms with Crippen LogP contribution in [0, 0.1) is 5.82 Å². The zero-order chi connectivity index (χ0) is 22.2. The van der Waals surface area contributed by atoms with Gasteiger partial charge in [-0.1, -0.05) is 23.9 Å². The highest BCUT2D eigenvalue weighted by molar-refractivity contribution is 8.00. The van der Waals surface area contributed by atoms with Gasteiger partial charge in [0.2, 0.25) is 5.91 Å². The molecule has 0 spiro atoms. The number of halogens is 1. The van der Waals surface area contributed by atoms with Crippen LogP contribution in [-0.2, 0) is 11.8 Å². The molecule has 1 aromatic carbocycles. The number of carbonyl (C=O) groups is 1. The van der Waals surface area contributed by atoms with Gasteiger partial charge >= 0.3 is 0 Å². The maximum Gasteiger partial charge on any atom is 0.263 e. The Balaban J connectivity index is 1.97. The summed E-state index contributed by atoms with van der Waals surface area (Å²) in [6.45, 7) is 9.84. The van der Waals surface area contributed by atoms with Gasteiger partial charge in [0.15, 0.2) is 5.16 Å². The molecule has 0 saturated heterocycles. The molecule has 2 heterocycles. The molecule has 160 valence electrons. The van der Waals surface area contributed by atoms with Crippen molar-refractivity contribution in [3.63, 3.8) is 0 Å². The van der Waals surface area contributed by atoms with Gasteiger partial charge in [0.05, 0.1) is 10.6 Å². The standard InChI is InChI=1S/C22H26FN3O2S2/c1-12(2)26(13(3)4)20(27)14(5)30-22-24-19-18(21(28)25(22)6)17(11-29-19)15-7-9-16(23)10-8-15/h7-14H,1-6H3. The van der Waals surface area contributed by atoms with Crippen molar-refractivity contribution in [2.45, 2.75) is 57.1 Å². The number of benzene rings is 1. The number of amides is 1. The van der Waals surface area contributed by atoms with Crippen molar-refractivity contribution in [2.75, 3.05) is 0 Å². The highest BCUT2D eigenvalue weighted by Gasteiger charge is 2.27. The summed E-state index contributed by atoms with van der Waals surface area (Å²) in [5.74, 6) is -0.295. The number of hydrogen-bond acceptors (Lipinski definition) is 5. The summed E-state index contributed by atoms with van der Waals surface area (Å²) in [5.41, 5.74) is 1.34. The van der Waals surface area contributed by atoms with Gasteiger partial charge < -0.3 is 4.90 Å². The number of carbonyl (C=O) groups excluding carboxylic acids is 1. The van der Waals surface area contributed by atoms with Crippen molar-refractivity contribution in [2.24, 2.45) is 7.05 Å². The van der Waals surface area contributed by atoms with Gasteiger partial charge in [-0.2, -0.15) is 0 Å². The molecule has 0 saturated carbocycles. The predicted octanol–water partition coefficient (Wildman–Crippen LogP) is 4.93. The van der Waals surface area contributed by atoms with Crippen molar-refractivity contribution >= 4 is 39.2 Å². The van der Waals surface area contributed by atoms with Crippen molar-refractivity contribution < 1.29 is 9.18 Å². The van der Waals surface area contributed by atoms with Crippen LogP contribution in [0.4, 0.5) is 4.39 Å². The average Bonchev–Trinajstić information content (AvgIpc) is 3.09. The quantitative estimate of drug-likeness (QED) is 0.397. The summed E-state index contributed by atoms with van der Waals surface area (Å²) in [4.78, 5) is 33.2. The lowest BCUT2D eigenvalue weighted by Gasteiger charge is -2.32. The van der Waals surface area contributed by atoms with E-state index in [0.717, 1.165) is 11.1 Å². The molecule has 5 nitrogen and oxygen atoms in total. The normalized spacial score (nSPS) is 12.7. The maximum absolute atomic E-state index is 13.3. The lowest BCUT2D eigenvalue weighted by atomic mass is 10.1. The van der Waals surface area contributed by atoms with E-state index >= 15 is 0 Å². The van der Waals surface area contributed by atoms with Crippen molar-refractivity contribution in [3.8, 4) is 11.1 Å². The Kier molecular flexibility index (Phi) is 6.67. The molecule has 3 aromatic rings. The molecule has 1 atom stereocenters. The fraction of sp³-hybridized carbons (Fsp3) is 0.409. The van der Waals surface area contributed by atoms with Gasteiger partial charge in [-0.05, 0) is 52.3 Å². The van der Waals surface area contributed by atoms with Gasteiger partial charge in [-0.25, -0.2) is 9.37 Å². The maximum atomic E-state index is 13.3. The molecule has 1 unspecified atom stereocenters. The summed E-state index contributed by atoms with van der Waals surface area (Å²) < 4.78 is 14.8. The largest absolute Gasteiger partial charge is 0.337 e. The predicted molar refractivity (Wildman–Crippen MR) is 123 cm³/mol. The van der Waals surface area contributed by atoms with E-state index in [4.69, 9.17) is 0 Å². The first-order chi connectivity index (χ1) is 14.1. The molecule has 30 heavy (non-hydrogen) atoms. The van der Waals surface area contributed by atoms with E-state index in [1.807, 2.05) is 44.9 Å². The molecule has 3 rings (SSSR count). The van der Waals surface area contributed by atoms with Gasteiger partial charge in [0, 0.05) is 30.1 Å². The van der Waals surface area contributed by atoms with Gasteiger partial charge in [0.1, 0.15) is 10.6 Å². The Bertz CT molecular complexity index is 1110. The average molecular weight is 448 g/mol. The number of thiophene rings is 1. The third-order valence-electron chi connectivity index (χ3n) is 4.93. The summed E-state index contributed by atoms with van der Waals surface area (Å²) in [6, 6.07) is 6.26. The highest BCUT2D eigenvalue weighted by Crippen LogP contribution is 2.33. The minimum atomic E-state index is -0.373. The molecular formula is C22H26FN3O2S2. The molecule has 0 aliphatic heterocycles. The summed E-state index contributed by atoms with van der Waals surface area (Å²) >= 11 is 2.67. The number of fused-ring (bicyclic) bond motifs is 1. The Morgan fingerprint density at radius 2 is 1.73 bits per heavy atom. The van der Waals surface area contributed by atoms with Crippen LogP contribution in [0.15, 0.2) is 39.6 Å². The fourth-order valence-electron chi connectivity index (χ4n) is 3.52. The van der Waals surface area contributed by atoms with Crippen molar-refractivity contribution in [3.05, 3.63) is 45.8 Å². The molecule has 2 aromatic heterocycles. The molecule has 1 amide bonds. The minimum Gasteiger partial charge on any atom is -0.337 e. The molecule has 0 fully saturated rings. The Morgan fingerprint density at radius 3 is 2.30 bits per heavy atom. The third-order valence-corrected chi connectivity index (χ3v) is 6.93. The van der Waals surface area contributed by atoms with E-state index in [1.54, 1.807) is 19.2 Å². The van der Waals surface area contributed by atoms with Crippen LogP contribution >= 0.6 is 23.1 Å². The molecule has 0 radical (unpaired) electrons. The zero-order valence-corrected chi connectivity index (χ0v) is 19.6. The molecule has 0 aliphatic carbocycles. The highest BCUT2D eigenvalue weighted by atomic mass is 32.2. The van der Waals surface area contributed by atoms with Gasteiger partial charge in [-0.3, -0.25) is 14.2 Å². The zero-order valence-electron chi connectivity index (χ0n) is 18.0. The summed E-state index contributed by atoms with van der Waals surface area (Å²) in [6.07, 6.45) is 0. The Morgan fingerprint density at radius 1 is 1.13 bits per heavy atom. The number of aromatic nitrogens is 2. The Labute approximate surface area is 183 Å². The molecular weight excluding hydrogens is 421 g/mol. The van der Waals surface area contributed by atoms with Crippen LogP contribution < -0.4 is 5.56 Å². The van der Waals surface area contributed by atoms with Crippen LogP contribution in [0.3, 0.4) is 0 Å². The SMILES string of the molecule is CC(Sc1nc2scc(-c3ccc(F)cc3)c2c(=O)n1C)C(=O)N(C(C)C)C(C)C. The second-order valence-corrected chi connectivity index (χ2v) is 9.95. The lowest BCUT2D eigenvalue weighted by Crippen LogP contribution is -2.45. The Hall–Kier alpha value is -2.19. The second kappa shape index (κ2) is 8.89. The van der Waals surface area contributed by atoms with E-state index < -0.39 is 0 Å². The monoisotopic (exact) mass is 447 g/mol.